The number of aromatic nitrogens is 4. The molecule has 0 amide bonds. The molecule has 0 saturated heterocycles. The van der Waals surface area contributed by atoms with E-state index in [9.17, 15) is 9.90 Å². The highest BCUT2D eigenvalue weighted by atomic mass is 16.5. The van der Waals surface area contributed by atoms with E-state index in [1.54, 1.807) is 13.2 Å². The van der Waals surface area contributed by atoms with Crippen molar-refractivity contribution in [3.8, 4) is 11.6 Å². The Kier molecular flexibility index (Phi) is 3.57. The fraction of sp³-hybridized carbons (Fsp3) is 0.200. The first-order valence-electron chi connectivity index (χ1n) is 6.87. The van der Waals surface area contributed by atoms with Gasteiger partial charge in [-0.2, -0.15) is 4.98 Å². The molecule has 118 valence electrons. The van der Waals surface area contributed by atoms with Gasteiger partial charge in [-0.15, -0.1) is 0 Å². The van der Waals surface area contributed by atoms with Crippen LogP contribution in [0.5, 0.6) is 11.6 Å². The van der Waals surface area contributed by atoms with E-state index in [1.807, 2.05) is 19.1 Å². The number of methoxy groups -OCH3 is 1. The Balaban J connectivity index is 2.02. The largest absolute Gasteiger partial charge is 0.497 e. The van der Waals surface area contributed by atoms with Gasteiger partial charge in [-0.25, -0.2) is 9.97 Å². The predicted octanol–water partition coefficient (Wildman–Crippen LogP) is 1.79. The Hall–Kier alpha value is -3.16. The van der Waals surface area contributed by atoms with Crippen LogP contribution in [0.2, 0.25) is 0 Å². The van der Waals surface area contributed by atoms with Crippen molar-refractivity contribution in [2.45, 2.75) is 13.8 Å². The van der Waals surface area contributed by atoms with Crippen molar-refractivity contribution < 1.29 is 9.84 Å². The molecule has 0 bridgehead atoms. The number of H-pyrrole nitrogens is 1. The van der Waals surface area contributed by atoms with Crippen molar-refractivity contribution in [1.29, 1.82) is 0 Å². The summed E-state index contributed by atoms with van der Waals surface area (Å²) in [5.74, 6) is 0.731. The minimum atomic E-state index is -0.428. The molecule has 0 aliphatic carbocycles. The third-order valence-electron chi connectivity index (χ3n) is 3.45. The first-order chi connectivity index (χ1) is 11.0. The van der Waals surface area contributed by atoms with Crippen molar-refractivity contribution in [3.63, 3.8) is 0 Å². The second kappa shape index (κ2) is 5.56. The fourth-order valence-corrected chi connectivity index (χ4v) is 2.13. The molecule has 3 rings (SSSR count). The molecule has 8 nitrogen and oxygen atoms in total. The average Bonchev–Trinajstić information content (AvgIpc) is 2.52. The fourth-order valence-electron chi connectivity index (χ4n) is 2.13. The van der Waals surface area contributed by atoms with Crippen LogP contribution in [-0.2, 0) is 0 Å². The van der Waals surface area contributed by atoms with Gasteiger partial charge in [0.1, 0.15) is 5.75 Å². The number of nitrogens with zero attached hydrogens (tertiary/aromatic N) is 3. The smallest absolute Gasteiger partial charge is 0.259 e. The van der Waals surface area contributed by atoms with Crippen LogP contribution in [0, 0.1) is 13.8 Å². The van der Waals surface area contributed by atoms with Crippen LogP contribution in [0.3, 0.4) is 0 Å². The molecule has 3 aromatic rings. The van der Waals surface area contributed by atoms with Gasteiger partial charge in [-0.1, -0.05) is 0 Å². The van der Waals surface area contributed by atoms with Gasteiger partial charge in [0, 0.05) is 5.39 Å². The van der Waals surface area contributed by atoms with E-state index in [0.29, 0.717) is 0 Å². The topological polar surface area (TPSA) is 113 Å². The zero-order valence-corrected chi connectivity index (χ0v) is 12.8. The van der Waals surface area contributed by atoms with E-state index >= 15 is 0 Å². The number of aromatic hydroxyl groups is 1. The number of ether oxygens (including phenoxy) is 1. The molecular formula is C15H15N5O3. The van der Waals surface area contributed by atoms with Gasteiger partial charge in [-0.3, -0.25) is 15.1 Å². The lowest BCUT2D eigenvalue weighted by atomic mass is 10.2. The Labute approximate surface area is 131 Å². The molecular weight excluding hydrogens is 298 g/mol. The summed E-state index contributed by atoms with van der Waals surface area (Å²) >= 11 is 0. The Morgan fingerprint density at radius 1 is 1.22 bits per heavy atom. The van der Waals surface area contributed by atoms with Gasteiger partial charge >= 0.3 is 0 Å². The maximum absolute atomic E-state index is 11.7. The number of nitrogens with one attached hydrogen (secondary N) is 2. The van der Waals surface area contributed by atoms with Crippen LogP contribution in [0.1, 0.15) is 11.3 Å². The minimum Gasteiger partial charge on any atom is -0.497 e. The summed E-state index contributed by atoms with van der Waals surface area (Å²) in [5.41, 5.74) is 1.19. The first-order valence-corrected chi connectivity index (χ1v) is 6.87. The number of hydrogen-bond donors (Lipinski definition) is 3. The molecule has 0 fully saturated rings. The molecule has 23 heavy (non-hydrogen) atoms. The Morgan fingerprint density at radius 2 is 2.00 bits per heavy atom. The van der Waals surface area contributed by atoms with Crippen molar-refractivity contribution in [1.82, 2.24) is 19.9 Å². The molecule has 1 aromatic carbocycles. The summed E-state index contributed by atoms with van der Waals surface area (Å²) < 4.78 is 5.19. The lowest BCUT2D eigenvalue weighted by Crippen LogP contribution is -2.14. The van der Waals surface area contributed by atoms with E-state index in [4.69, 9.17) is 4.74 Å². The second-order valence-electron chi connectivity index (χ2n) is 5.00. The minimum absolute atomic E-state index is 0.0744. The van der Waals surface area contributed by atoms with Crippen LogP contribution < -0.4 is 15.6 Å². The lowest BCUT2D eigenvalue weighted by molar-refractivity contribution is 0.415. The SMILES string of the molecule is COc1ccc2nc(Nc3nc(O)c(C)c(=O)[nH]3)nc(C)c2c1. The molecule has 0 atom stereocenters. The van der Waals surface area contributed by atoms with Crippen LogP contribution in [-0.4, -0.2) is 32.2 Å². The van der Waals surface area contributed by atoms with Gasteiger partial charge in [0.2, 0.25) is 17.8 Å². The van der Waals surface area contributed by atoms with Crippen LogP contribution >= 0.6 is 0 Å². The van der Waals surface area contributed by atoms with Gasteiger partial charge in [0.05, 0.1) is 23.9 Å². The third-order valence-corrected chi connectivity index (χ3v) is 3.45. The van der Waals surface area contributed by atoms with Gasteiger partial charge in [0.25, 0.3) is 5.56 Å². The lowest BCUT2D eigenvalue weighted by Gasteiger charge is -2.09. The molecule has 0 saturated carbocycles. The van der Waals surface area contributed by atoms with Crippen molar-refractivity contribution >= 4 is 22.8 Å². The summed E-state index contributed by atoms with van der Waals surface area (Å²) in [7, 11) is 1.60. The molecule has 0 unspecified atom stereocenters. The highest BCUT2D eigenvalue weighted by molar-refractivity contribution is 5.83. The van der Waals surface area contributed by atoms with E-state index < -0.39 is 5.56 Å². The quantitative estimate of drug-likeness (QED) is 0.675. The molecule has 0 spiro atoms. The summed E-state index contributed by atoms with van der Waals surface area (Å²) in [6.07, 6.45) is 0. The number of hydrogen-bond acceptors (Lipinski definition) is 7. The number of aryl methyl sites for hydroxylation is 1. The maximum atomic E-state index is 11.7. The van der Waals surface area contributed by atoms with E-state index in [2.05, 4.69) is 25.3 Å². The monoisotopic (exact) mass is 313 g/mol. The van der Waals surface area contributed by atoms with Gasteiger partial charge in [0.15, 0.2) is 0 Å². The molecule has 0 aliphatic heterocycles. The normalized spacial score (nSPS) is 10.7. The van der Waals surface area contributed by atoms with Gasteiger partial charge < -0.3 is 9.84 Å². The van der Waals surface area contributed by atoms with Gasteiger partial charge in [-0.05, 0) is 32.0 Å². The first kappa shape index (κ1) is 14.8. The molecule has 2 aromatic heterocycles. The maximum Gasteiger partial charge on any atom is 0.259 e. The van der Waals surface area contributed by atoms with Crippen molar-refractivity contribution in [3.05, 3.63) is 39.8 Å². The summed E-state index contributed by atoms with van der Waals surface area (Å²) in [4.78, 5) is 26.7. The number of benzene rings is 1. The summed E-state index contributed by atoms with van der Waals surface area (Å²) in [6, 6.07) is 5.47. The summed E-state index contributed by atoms with van der Waals surface area (Å²) in [5, 5.41) is 13.3. The highest BCUT2D eigenvalue weighted by Crippen LogP contribution is 2.23. The Bertz CT molecular complexity index is 952. The highest BCUT2D eigenvalue weighted by Gasteiger charge is 2.10. The van der Waals surface area contributed by atoms with E-state index in [0.717, 1.165) is 22.3 Å². The van der Waals surface area contributed by atoms with Crippen molar-refractivity contribution in [2.24, 2.45) is 0 Å². The van der Waals surface area contributed by atoms with E-state index in [-0.39, 0.29) is 23.3 Å². The van der Waals surface area contributed by atoms with E-state index in [1.165, 1.54) is 6.92 Å². The molecule has 0 radical (unpaired) electrons. The summed E-state index contributed by atoms with van der Waals surface area (Å²) in [6.45, 7) is 3.33. The zero-order chi connectivity index (χ0) is 16.6. The number of rotatable bonds is 3. The van der Waals surface area contributed by atoms with Crippen molar-refractivity contribution in [2.75, 3.05) is 12.4 Å². The number of aromatic amines is 1. The second-order valence-corrected chi connectivity index (χ2v) is 5.00. The number of anilines is 2. The molecule has 2 heterocycles. The standard InChI is InChI=1S/C15H15N5O3/c1-7-12(21)18-15(19-13(7)22)20-14-16-8(2)10-6-9(23-3)4-5-11(10)17-14/h4-6H,1-3H3,(H3,16,17,18,19,20,21,22). The molecule has 3 N–H and O–H groups in total. The molecule has 8 heteroatoms. The average molecular weight is 313 g/mol. The third kappa shape index (κ3) is 2.78. The zero-order valence-electron chi connectivity index (χ0n) is 12.8. The van der Waals surface area contributed by atoms with Crippen LogP contribution in [0.4, 0.5) is 11.9 Å². The Morgan fingerprint density at radius 3 is 2.70 bits per heavy atom. The number of fused-ring (bicyclic) bond motifs is 1. The predicted molar refractivity (Wildman–Crippen MR) is 85.4 cm³/mol. The van der Waals surface area contributed by atoms with Crippen LogP contribution in [0.25, 0.3) is 10.9 Å². The molecule has 0 aliphatic rings. The van der Waals surface area contributed by atoms with Crippen LogP contribution in [0.15, 0.2) is 23.0 Å².